The van der Waals surface area contributed by atoms with Crippen LogP contribution in [-0.4, -0.2) is 14.7 Å². The summed E-state index contributed by atoms with van der Waals surface area (Å²) in [5.41, 5.74) is 4.38. The number of aryl methyl sites for hydroxylation is 3. The summed E-state index contributed by atoms with van der Waals surface area (Å²) in [6, 6.07) is 13.8. The summed E-state index contributed by atoms with van der Waals surface area (Å²) in [6.07, 6.45) is 3.70. The molecule has 2 aromatic carbocycles. The number of hydrogen-bond donors (Lipinski definition) is 2. The molecule has 0 unspecified atom stereocenters. The Morgan fingerprint density at radius 2 is 1.77 bits per heavy atom. The van der Waals surface area contributed by atoms with Crippen molar-refractivity contribution in [1.29, 1.82) is 0 Å². The second kappa shape index (κ2) is 7.89. The molecule has 0 aliphatic carbocycles. The zero-order chi connectivity index (χ0) is 18.7. The normalized spacial score (nSPS) is 11.8. The number of hydrogen-bond acceptors (Lipinski definition) is 2. The van der Waals surface area contributed by atoms with Gasteiger partial charge in [0.05, 0.1) is 0 Å². The minimum absolute atomic E-state index is 0.182. The Morgan fingerprint density at radius 3 is 2.35 bits per heavy atom. The van der Waals surface area contributed by atoms with Crippen LogP contribution in [0.3, 0.4) is 0 Å². The van der Waals surface area contributed by atoms with E-state index in [4.69, 9.17) is 23.8 Å². The first kappa shape index (κ1) is 18.4. The van der Waals surface area contributed by atoms with E-state index in [-0.39, 0.29) is 6.04 Å². The summed E-state index contributed by atoms with van der Waals surface area (Å²) in [5, 5.41) is 7.89. The van der Waals surface area contributed by atoms with Crippen molar-refractivity contribution in [1.82, 2.24) is 14.9 Å². The van der Waals surface area contributed by atoms with Gasteiger partial charge in [0.25, 0.3) is 0 Å². The van der Waals surface area contributed by atoms with Crippen LogP contribution in [0.4, 0.5) is 5.69 Å². The van der Waals surface area contributed by atoms with E-state index in [1.165, 1.54) is 11.1 Å². The van der Waals surface area contributed by atoms with Crippen LogP contribution in [0.1, 0.15) is 28.6 Å². The minimum atomic E-state index is -0.182. The lowest BCUT2D eigenvalue weighted by Crippen LogP contribution is -2.34. The van der Waals surface area contributed by atoms with Crippen LogP contribution in [0.15, 0.2) is 54.9 Å². The van der Waals surface area contributed by atoms with Gasteiger partial charge in [-0.3, -0.25) is 0 Å². The van der Waals surface area contributed by atoms with Crippen LogP contribution in [-0.2, 0) is 7.05 Å². The van der Waals surface area contributed by atoms with E-state index in [0.717, 1.165) is 17.1 Å². The molecule has 1 heterocycles. The van der Waals surface area contributed by atoms with Gasteiger partial charge in [-0.25, -0.2) is 4.98 Å². The average Bonchev–Trinajstić information content (AvgIpc) is 2.98. The van der Waals surface area contributed by atoms with Crippen molar-refractivity contribution in [3.63, 3.8) is 0 Å². The Bertz CT molecular complexity index is 898. The topological polar surface area (TPSA) is 41.9 Å². The predicted molar refractivity (Wildman–Crippen MR) is 112 cm³/mol. The molecular weight excluding hydrogens is 364 g/mol. The van der Waals surface area contributed by atoms with Crippen molar-refractivity contribution in [3.05, 3.63) is 82.4 Å². The number of halogens is 1. The third kappa shape index (κ3) is 4.42. The smallest absolute Gasteiger partial charge is 0.171 e. The van der Waals surface area contributed by atoms with Crippen LogP contribution in [0.25, 0.3) is 0 Å². The highest BCUT2D eigenvalue weighted by Gasteiger charge is 2.19. The Hall–Kier alpha value is -2.37. The monoisotopic (exact) mass is 384 g/mol. The average molecular weight is 385 g/mol. The van der Waals surface area contributed by atoms with E-state index in [1.807, 2.05) is 42.1 Å². The van der Waals surface area contributed by atoms with E-state index in [0.29, 0.717) is 10.1 Å². The Morgan fingerprint density at radius 1 is 1.12 bits per heavy atom. The molecule has 3 aromatic rings. The molecule has 0 saturated carbocycles. The second-order valence-corrected chi connectivity index (χ2v) is 7.20. The Labute approximate surface area is 164 Å². The first-order valence-corrected chi connectivity index (χ1v) is 9.09. The molecule has 2 N–H and O–H groups in total. The molecule has 3 rings (SSSR count). The quantitative estimate of drug-likeness (QED) is 0.636. The van der Waals surface area contributed by atoms with Gasteiger partial charge >= 0.3 is 0 Å². The summed E-state index contributed by atoms with van der Waals surface area (Å²) in [4.78, 5) is 4.48. The van der Waals surface area contributed by atoms with E-state index < -0.39 is 0 Å². The van der Waals surface area contributed by atoms with Crippen LogP contribution in [0.5, 0.6) is 0 Å². The summed E-state index contributed by atoms with van der Waals surface area (Å²) >= 11 is 11.6. The first-order valence-electron chi connectivity index (χ1n) is 8.31. The number of rotatable bonds is 4. The third-order valence-electron chi connectivity index (χ3n) is 4.07. The summed E-state index contributed by atoms with van der Waals surface area (Å²) in [7, 11) is 1.97. The molecule has 0 aliphatic rings. The lowest BCUT2D eigenvalue weighted by Gasteiger charge is -2.21. The lowest BCUT2D eigenvalue weighted by atomic mass is 10.1. The molecule has 0 aliphatic heterocycles. The fraction of sp³-hybridized carbons (Fsp3) is 0.200. The van der Waals surface area contributed by atoms with Crippen LogP contribution in [0.2, 0.25) is 5.02 Å². The molecule has 1 atom stereocenters. The molecule has 0 radical (unpaired) electrons. The maximum absolute atomic E-state index is 6.04. The third-order valence-corrected chi connectivity index (χ3v) is 4.55. The summed E-state index contributed by atoms with van der Waals surface area (Å²) in [6.45, 7) is 4.14. The lowest BCUT2D eigenvalue weighted by molar-refractivity contribution is 0.664. The largest absolute Gasteiger partial charge is 0.348 e. The van der Waals surface area contributed by atoms with E-state index in [1.54, 1.807) is 6.20 Å². The summed E-state index contributed by atoms with van der Waals surface area (Å²) < 4.78 is 1.98. The zero-order valence-electron chi connectivity index (χ0n) is 15.0. The van der Waals surface area contributed by atoms with Crippen molar-refractivity contribution in [3.8, 4) is 0 Å². The number of anilines is 1. The highest BCUT2D eigenvalue weighted by Crippen LogP contribution is 2.23. The van der Waals surface area contributed by atoms with Crippen molar-refractivity contribution >= 4 is 34.6 Å². The molecule has 0 fully saturated rings. The second-order valence-electron chi connectivity index (χ2n) is 6.36. The van der Waals surface area contributed by atoms with Gasteiger partial charge in [0.1, 0.15) is 11.9 Å². The van der Waals surface area contributed by atoms with Crippen LogP contribution >= 0.6 is 23.8 Å². The highest BCUT2D eigenvalue weighted by molar-refractivity contribution is 7.80. The molecule has 26 heavy (non-hydrogen) atoms. The van der Waals surface area contributed by atoms with Gasteiger partial charge in [-0.15, -0.1) is 0 Å². The standard InChI is InChI=1S/C20H21ClN4S/c1-13-10-14(2)12-17(11-13)23-20(26)24-18(19-22-8-9-25(19)3)15-4-6-16(21)7-5-15/h4-12,18H,1-3H3,(H2,23,24,26)/t18-/m1/s1. The number of imidazole rings is 1. The van der Waals surface area contributed by atoms with E-state index >= 15 is 0 Å². The van der Waals surface area contributed by atoms with Crippen LogP contribution in [0, 0.1) is 13.8 Å². The molecule has 0 amide bonds. The van der Waals surface area contributed by atoms with Crippen molar-refractivity contribution < 1.29 is 0 Å². The van der Waals surface area contributed by atoms with E-state index in [9.17, 15) is 0 Å². The summed E-state index contributed by atoms with van der Waals surface area (Å²) in [5.74, 6) is 0.872. The van der Waals surface area contributed by atoms with Crippen molar-refractivity contribution in [2.24, 2.45) is 7.05 Å². The Balaban J connectivity index is 1.84. The molecule has 6 heteroatoms. The van der Waals surface area contributed by atoms with Gasteiger partial charge in [0.15, 0.2) is 5.11 Å². The van der Waals surface area contributed by atoms with Gasteiger partial charge in [0, 0.05) is 30.2 Å². The number of thiocarbonyl (C=S) groups is 1. The van der Waals surface area contributed by atoms with Crippen LogP contribution < -0.4 is 10.6 Å². The zero-order valence-corrected chi connectivity index (χ0v) is 16.5. The van der Waals surface area contributed by atoms with E-state index in [2.05, 4.69) is 47.7 Å². The fourth-order valence-corrected chi connectivity index (χ4v) is 3.31. The molecule has 4 nitrogen and oxygen atoms in total. The SMILES string of the molecule is Cc1cc(C)cc(NC(=S)N[C@H](c2ccc(Cl)cc2)c2nccn2C)c1. The molecular formula is C20H21ClN4S. The predicted octanol–water partition coefficient (Wildman–Crippen LogP) is 4.77. The van der Waals surface area contributed by atoms with Gasteiger partial charge in [-0.2, -0.15) is 0 Å². The van der Waals surface area contributed by atoms with Gasteiger partial charge in [-0.05, 0) is 67.0 Å². The minimum Gasteiger partial charge on any atom is -0.348 e. The fourth-order valence-electron chi connectivity index (χ4n) is 2.95. The molecule has 134 valence electrons. The highest BCUT2D eigenvalue weighted by atomic mass is 35.5. The first-order chi connectivity index (χ1) is 12.4. The number of aromatic nitrogens is 2. The van der Waals surface area contributed by atoms with Crippen molar-refractivity contribution in [2.75, 3.05) is 5.32 Å². The molecule has 0 spiro atoms. The molecule has 0 bridgehead atoms. The number of benzene rings is 2. The van der Waals surface area contributed by atoms with Gasteiger partial charge < -0.3 is 15.2 Å². The molecule has 1 aromatic heterocycles. The molecule has 0 saturated heterocycles. The van der Waals surface area contributed by atoms with Crippen molar-refractivity contribution in [2.45, 2.75) is 19.9 Å². The van der Waals surface area contributed by atoms with Gasteiger partial charge in [0.2, 0.25) is 0 Å². The van der Waals surface area contributed by atoms with Gasteiger partial charge in [-0.1, -0.05) is 29.8 Å². The number of nitrogens with one attached hydrogen (secondary N) is 2. The number of nitrogens with zero attached hydrogens (tertiary/aromatic N) is 2. The maximum Gasteiger partial charge on any atom is 0.171 e. The maximum atomic E-state index is 6.04. The Kier molecular flexibility index (Phi) is 5.59.